The largest absolute Gasteiger partial charge is 0.393 e. The summed E-state index contributed by atoms with van der Waals surface area (Å²) in [6, 6.07) is 26.4. The molecule has 4 N–H and O–H groups in total. The monoisotopic (exact) mass is 523 g/mol. The summed E-state index contributed by atoms with van der Waals surface area (Å²) in [5.74, 6) is -0.235. The predicted molar refractivity (Wildman–Crippen MR) is 156 cm³/mol. The van der Waals surface area contributed by atoms with Crippen molar-refractivity contribution < 1.29 is 14.7 Å². The van der Waals surface area contributed by atoms with E-state index < -0.39 is 0 Å². The number of aromatic amines is 1. The van der Waals surface area contributed by atoms with Crippen molar-refractivity contribution in [2.24, 2.45) is 0 Å². The maximum Gasteiger partial charge on any atom is 0.274 e. The molecule has 2 amide bonds. The summed E-state index contributed by atoms with van der Waals surface area (Å²) in [4.78, 5) is 32.4. The lowest BCUT2D eigenvalue weighted by atomic mass is 10.1. The first-order chi connectivity index (χ1) is 19.0. The maximum absolute atomic E-state index is 12.8. The van der Waals surface area contributed by atoms with E-state index >= 15 is 0 Å². The molecule has 0 saturated carbocycles. The Labute approximate surface area is 228 Å². The predicted octanol–water partition coefficient (Wildman–Crippen LogP) is 5.64. The molecule has 0 unspecified atom stereocenters. The van der Waals surface area contributed by atoms with Crippen LogP contribution in [0.25, 0.3) is 0 Å². The van der Waals surface area contributed by atoms with E-state index in [1.54, 1.807) is 17.2 Å². The first kappa shape index (κ1) is 26.1. The van der Waals surface area contributed by atoms with Crippen molar-refractivity contribution in [3.8, 4) is 0 Å². The van der Waals surface area contributed by atoms with Gasteiger partial charge in [0.15, 0.2) is 0 Å². The SMILES string of the molecule is CCN(C(=O)c1ccc[nH]1)c1ccc(Nc2ccc(NC(=O)c3ccc(N4CCC(O)CC4)cc3)cc2)cc1. The van der Waals surface area contributed by atoms with Crippen molar-refractivity contribution in [1.82, 2.24) is 4.98 Å². The molecule has 0 spiro atoms. The minimum absolute atomic E-state index is 0.0699. The molecule has 2 heterocycles. The van der Waals surface area contributed by atoms with Crippen LogP contribution in [-0.2, 0) is 0 Å². The first-order valence-corrected chi connectivity index (χ1v) is 13.3. The molecule has 0 atom stereocenters. The first-order valence-electron chi connectivity index (χ1n) is 13.3. The van der Waals surface area contributed by atoms with Crippen molar-refractivity contribution in [2.45, 2.75) is 25.9 Å². The summed E-state index contributed by atoms with van der Waals surface area (Å²) in [5.41, 5.74) is 5.52. The fourth-order valence-corrected chi connectivity index (χ4v) is 4.73. The normalized spacial score (nSPS) is 13.6. The quantitative estimate of drug-likeness (QED) is 0.240. The van der Waals surface area contributed by atoms with Gasteiger partial charge in [0.1, 0.15) is 5.69 Å². The van der Waals surface area contributed by atoms with Gasteiger partial charge in [0.2, 0.25) is 0 Å². The third-order valence-electron chi connectivity index (χ3n) is 6.96. The second kappa shape index (κ2) is 11.9. The van der Waals surface area contributed by atoms with Gasteiger partial charge in [0, 0.05) is 59.8 Å². The van der Waals surface area contributed by atoms with Crippen LogP contribution >= 0.6 is 0 Å². The Balaban J connectivity index is 1.16. The highest BCUT2D eigenvalue weighted by Gasteiger charge is 2.18. The number of aliphatic hydroxyl groups is 1. The highest BCUT2D eigenvalue weighted by atomic mass is 16.3. The van der Waals surface area contributed by atoms with Gasteiger partial charge < -0.3 is 30.5 Å². The van der Waals surface area contributed by atoms with E-state index in [1.807, 2.05) is 85.8 Å². The van der Waals surface area contributed by atoms with Gasteiger partial charge >= 0.3 is 0 Å². The van der Waals surface area contributed by atoms with Crippen LogP contribution < -0.4 is 20.4 Å². The van der Waals surface area contributed by atoms with Gasteiger partial charge in [-0.15, -0.1) is 0 Å². The molecule has 200 valence electrons. The van der Waals surface area contributed by atoms with E-state index in [9.17, 15) is 14.7 Å². The zero-order chi connectivity index (χ0) is 27.2. The number of H-pyrrole nitrogens is 1. The van der Waals surface area contributed by atoms with Crippen molar-refractivity contribution in [1.29, 1.82) is 0 Å². The third kappa shape index (κ3) is 6.30. The Kier molecular flexibility index (Phi) is 7.94. The summed E-state index contributed by atoms with van der Waals surface area (Å²) in [6.45, 7) is 4.15. The number of rotatable bonds is 8. The summed E-state index contributed by atoms with van der Waals surface area (Å²) in [7, 11) is 0. The van der Waals surface area contributed by atoms with Crippen LogP contribution in [-0.4, -0.2) is 47.6 Å². The van der Waals surface area contributed by atoms with E-state index in [0.29, 0.717) is 23.5 Å². The number of nitrogens with zero attached hydrogens (tertiary/aromatic N) is 2. The Bertz CT molecular complexity index is 1380. The Morgan fingerprint density at radius 3 is 2.10 bits per heavy atom. The molecule has 1 fully saturated rings. The number of benzene rings is 3. The zero-order valence-corrected chi connectivity index (χ0v) is 21.9. The number of amides is 2. The molecule has 1 aromatic heterocycles. The highest BCUT2D eigenvalue weighted by molar-refractivity contribution is 6.05. The summed E-state index contributed by atoms with van der Waals surface area (Å²) >= 11 is 0. The molecule has 1 saturated heterocycles. The van der Waals surface area contributed by atoms with Crippen LogP contribution in [0.1, 0.15) is 40.6 Å². The number of anilines is 5. The van der Waals surface area contributed by atoms with Crippen molar-refractivity contribution >= 4 is 40.3 Å². The molecule has 8 nitrogen and oxygen atoms in total. The molecule has 1 aliphatic rings. The molecule has 39 heavy (non-hydrogen) atoms. The average Bonchev–Trinajstić information content (AvgIpc) is 3.51. The Morgan fingerprint density at radius 2 is 1.51 bits per heavy atom. The van der Waals surface area contributed by atoms with Crippen molar-refractivity contribution in [3.63, 3.8) is 0 Å². The second-order valence-corrected chi connectivity index (χ2v) is 9.60. The minimum Gasteiger partial charge on any atom is -0.393 e. The molecule has 0 bridgehead atoms. The average molecular weight is 524 g/mol. The van der Waals surface area contributed by atoms with Crippen LogP contribution in [0.4, 0.5) is 28.4 Å². The van der Waals surface area contributed by atoms with Crippen LogP contribution in [0.5, 0.6) is 0 Å². The number of aromatic nitrogens is 1. The Morgan fingerprint density at radius 1 is 0.897 bits per heavy atom. The number of carbonyl (C=O) groups is 2. The molecule has 8 heteroatoms. The summed E-state index contributed by atoms with van der Waals surface area (Å²) < 4.78 is 0. The highest BCUT2D eigenvalue weighted by Crippen LogP contribution is 2.24. The topological polar surface area (TPSA) is 101 Å². The second-order valence-electron chi connectivity index (χ2n) is 9.60. The molecule has 4 aromatic rings. The fraction of sp³-hybridized carbons (Fsp3) is 0.226. The number of piperidine rings is 1. The van der Waals surface area contributed by atoms with Gasteiger partial charge in [-0.2, -0.15) is 0 Å². The van der Waals surface area contributed by atoms with Crippen molar-refractivity contribution in [2.75, 3.05) is 40.1 Å². The fourth-order valence-electron chi connectivity index (χ4n) is 4.73. The molecular weight excluding hydrogens is 490 g/mol. The van der Waals surface area contributed by atoms with E-state index in [4.69, 9.17) is 0 Å². The summed E-state index contributed by atoms with van der Waals surface area (Å²) in [6.07, 6.45) is 3.07. The number of carbonyl (C=O) groups excluding carboxylic acids is 2. The van der Waals surface area contributed by atoms with E-state index in [2.05, 4.69) is 20.5 Å². The van der Waals surface area contributed by atoms with E-state index in [1.165, 1.54) is 0 Å². The summed E-state index contributed by atoms with van der Waals surface area (Å²) in [5, 5.41) is 16.0. The smallest absolute Gasteiger partial charge is 0.274 e. The number of nitrogens with one attached hydrogen (secondary N) is 3. The van der Waals surface area contributed by atoms with E-state index in [0.717, 1.165) is 48.7 Å². The lowest BCUT2D eigenvalue weighted by Crippen LogP contribution is -2.35. The van der Waals surface area contributed by atoms with Gasteiger partial charge in [-0.3, -0.25) is 9.59 Å². The Hall–Kier alpha value is -4.56. The maximum atomic E-state index is 12.8. The third-order valence-corrected chi connectivity index (χ3v) is 6.96. The van der Waals surface area contributed by atoms with Gasteiger partial charge in [-0.25, -0.2) is 0 Å². The van der Waals surface area contributed by atoms with Crippen LogP contribution in [0.15, 0.2) is 91.1 Å². The van der Waals surface area contributed by atoms with Gasteiger partial charge in [-0.1, -0.05) is 0 Å². The zero-order valence-electron chi connectivity index (χ0n) is 21.9. The number of aliphatic hydroxyl groups excluding tert-OH is 1. The van der Waals surface area contributed by atoms with E-state index in [-0.39, 0.29) is 17.9 Å². The molecule has 3 aromatic carbocycles. The number of hydrogen-bond donors (Lipinski definition) is 4. The number of hydrogen-bond acceptors (Lipinski definition) is 5. The van der Waals surface area contributed by atoms with Crippen LogP contribution in [0.2, 0.25) is 0 Å². The molecular formula is C31H33N5O3. The molecule has 1 aliphatic heterocycles. The standard InChI is InChI=1S/C31H33N5O3/c1-2-36(31(39)29-4-3-19-32-29)27-15-11-24(12-16-27)33-23-7-9-25(10-8-23)34-30(38)22-5-13-26(14-6-22)35-20-17-28(37)18-21-35/h3-16,19,28,32-33,37H,2,17-18,20-21H2,1H3,(H,34,38). The molecule has 0 aliphatic carbocycles. The minimum atomic E-state index is -0.211. The molecule has 0 radical (unpaired) electrons. The van der Waals surface area contributed by atoms with Gasteiger partial charge in [-0.05, 0) is 105 Å². The lowest BCUT2D eigenvalue weighted by molar-refractivity contribution is 0.0982. The van der Waals surface area contributed by atoms with Gasteiger partial charge in [0.25, 0.3) is 11.8 Å². The lowest BCUT2D eigenvalue weighted by Gasteiger charge is -2.31. The van der Waals surface area contributed by atoms with Crippen molar-refractivity contribution in [3.05, 3.63) is 102 Å². The molecule has 5 rings (SSSR count). The van der Waals surface area contributed by atoms with Crippen LogP contribution in [0.3, 0.4) is 0 Å². The van der Waals surface area contributed by atoms with Crippen LogP contribution in [0, 0.1) is 0 Å². The van der Waals surface area contributed by atoms with Gasteiger partial charge in [0.05, 0.1) is 6.10 Å².